The third kappa shape index (κ3) is 8.33. The molecule has 158 valence electrons. The molecule has 0 aromatic heterocycles. The summed E-state index contributed by atoms with van der Waals surface area (Å²) in [7, 11) is 1.58. The van der Waals surface area contributed by atoms with E-state index >= 15 is 0 Å². The lowest BCUT2D eigenvalue weighted by atomic mass is 10.1. The highest BCUT2D eigenvalue weighted by Crippen LogP contribution is 2.22. The van der Waals surface area contributed by atoms with Gasteiger partial charge < -0.3 is 35.0 Å². The third-order valence-electron chi connectivity index (χ3n) is 3.52. The molecule has 1 rings (SSSR count). The summed E-state index contributed by atoms with van der Waals surface area (Å²) in [5.74, 6) is -3.31. The molecular weight excluding hydrogens is 372 g/mol. The van der Waals surface area contributed by atoms with E-state index in [1.165, 1.54) is 17.9 Å². The van der Waals surface area contributed by atoms with Crippen LogP contribution in [0.2, 0.25) is 0 Å². The van der Waals surface area contributed by atoms with Crippen molar-refractivity contribution in [2.75, 3.05) is 27.5 Å². The number of hydrogen-bond acceptors (Lipinski definition) is 7. The molecule has 1 aromatic carbocycles. The van der Waals surface area contributed by atoms with Crippen molar-refractivity contribution >= 4 is 18.0 Å². The van der Waals surface area contributed by atoms with Crippen LogP contribution < -0.4 is 4.74 Å². The maximum Gasteiger partial charge on any atom is 0.414 e. The Morgan fingerprint density at radius 2 is 1.68 bits per heavy atom. The van der Waals surface area contributed by atoms with Gasteiger partial charge in [0.25, 0.3) is 0 Å². The van der Waals surface area contributed by atoms with Crippen molar-refractivity contribution in [3.63, 3.8) is 0 Å². The van der Waals surface area contributed by atoms with Gasteiger partial charge in [-0.05, 0) is 45.5 Å². The fourth-order valence-electron chi connectivity index (χ4n) is 1.56. The Morgan fingerprint density at radius 1 is 1.14 bits per heavy atom. The van der Waals surface area contributed by atoms with Crippen molar-refractivity contribution in [3.05, 3.63) is 29.8 Å². The smallest absolute Gasteiger partial charge is 0.414 e. The van der Waals surface area contributed by atoms with E-state index in [9.17, 15) is 14.4 Å². The molecule has 1 amide bonds. The summed E-state index contributed by atoms with van der Waals surface area (Å²) in [5.41, 5.74) is 0.423. The van der Waals surface area contributed by atoms with E-state index < -0.39 is 50.2 Å². The average molecular weight is 406 g/mol. The number of benzene rings is 1. The fourth-order valence-corrected chi connectivity index (χ4v) is 1.56. The van der Waals surface area contributed by atoms with Gasteiger partial charge in [-0.25, -0.2) is 14.4 Å². The van der Waals surface area contributed by atoms with Gasteiger partial charge in [0.1, 0.15) is 5.75 Å². The van der Waals surface area contributed by atoms with E-state index in [-0.39, 0.29) is 5.75 Å². The summed E-state index contributed by atoms with van der Waals surface area (Å²) in [6.45, 7) is -1.83. The first-order valence-electron chi connectivity index (χ1n) is 11.0. The molecular formula is C18H28N2O8. The van der Waals surface area contributed by atoms with Gasteiger partial charge in [-0.2, -0.15) is 0 Å². The molecule has 0 saturated heterocycles. The molecule has 3 atom stereocenters. The second-order valence-corrected chi connectivity index (χ2v) is 5.57. The molecule has 4 N–H and O–H groups in total. The first-order valence-corrected chi connectivity index (χ1v) is 7.98. The van der Waals surface area contributed by atoms with Gasteiger partial charge in [0.05, 0.1) is 0 Å². The molecule has 10 heteroatoms. The lowest BCUT2D eigenvalue weighted by molar-refractivity contribution is -0.165. The van der Waals surface area contributed by atoms with E-state index in [0.29, 0.717) is 17.0 Å². The molecule has 10 nitrogen and oxygen atoms in total. The molecule has 0 saturated carbocycles. The molecule has 0 spiro atoms. The van der Waals surface area contributed by atoms with Crippen molar-refractivity contribution in [2.24, 2.45) is 0 Å². The van der Waals surface area contributed by atoms with Crippen LogP contribution in [0.3, 0.4) is 0 Å². The first kappa shape index (κ1) is 16.3. The van der Waals surface area contributed by atoms with Crippen molar-refractivity contribution < 1.29 is 47.8 Å². The van der Waals surface area contributed by atoms with Crippen molar-refractivity contribution in [2.45, 2.75) is 32.1 Å². The Morgan fingerprint density at radius 3 is 2.11 bits per heavy atom. The second-order valence-electron chi connectivity index (χ2n) is 5.57. The van der Waals surface area contributed by atoms with E-state index in [0.717, 1.165) is 0 Å². The number of aliphatic carboxylic acids is 2. The van der Waals surface area contributed by atoms with Gasteiger partial charge in [-0.15, -0.1) is 0 Å². The number of amides is 1. The largest absolute Gasteiger partial charge is 0.479 e. The minimum absolute atomic E-state index is 0.223. The molecule has 0 aliphatic carbocycles. The first-order chi connectivity index (χ1) is 15.3. The molecule has 0 heterocycles. The van der Waals surface area contributed by atoms with Crippen LogP contribution in [0.5, 0.6) is 5.75 Å². The Balaban J connectivity index is 0.000000916. The predicted molar refractivity (Wildman–Crippen MR) is 100 cm³/mol. The highest BCUT2D eigenvalue weighted by atomic mass is 16.6. The van der Waals surface area contributed by atoms with Crippen LogP contribution in [0.4, 0.5) is 4.79 Å². The molecule has 0 aliphatic rings. The lowest BCUT2D eigenvalue weighted by Crippen LogP contribution is -2.39. The standard InChI is InChI=1S/C14H22N2O2.C4H6O6/c1-6-16(5)14(17)18-13-9-7-8-12(10-13)11(2)15(3)4;5-1(3(7)8)2(6)4(9)10/h7-11H,6H2,1-5H3;1-2,5-6H,(H,7,8)(H,9,10)/t;1-,2-/m.1/s1/i3D3,4D3;. The van der Waals surface area contributed by atoms with Gasteiger partial charge in [-0.3, -0.25) is 0 Å². The highest BCUT2D eigenvalue weighted by molar-refractivity contribution is 5.83. The van der Waals surface area contributed by atoms with Gasteiger partial charge in [0, 0.05) is 27.9 Å². The van der Waals surface area contributed by atoms with Crippen molar-refractivity contribution in [3.8, 4) is 5.75 Å². The zero-order valence-corrected chi connectivity index (χ0v) is 15.6. The zero-order chi connectivity index (χ0) is 27.0. The molecule has 28 heavy (non-hydrogen) atoms. The fraction of sp³-hybridized carbons (Fsp3) is 0.500. The molecule has 1 aromatic rings. The minimum Gasteiger partial charge on any atom is -0.479 e. The monoisotopic (exact) mass is 406 g/mol. The number of carboxylic acid groups (broad SMARTS) is 2. The Kier molecular flexibility index (Phi) is 6.92. The molecule has 0 bridgehead atoms. The zero-order valence-electron chi connectivity index (χ0n) is 21.6. The number of carbonyl (C=O) groups is 3. The third-order valence-corrected chi connectivity index (χ3v) is 3.52. The number of rotatable bonds is 7. The van der Waals surface area contributed by atoms with E-state index in [2.05, 4.69) is 0 Å². The van der Waals surface area contributed by atoms with Gasteiger partial charge in [0.2, 0.25) is 0 Å². The Labute approximate surface area is 172 Å². The summed E-state index contributed by atoms with van der Waals surface area (Å²) in [6, 6.07) is 5.27. The molecule has 0 radical (unpaired) electrons. The Hall–Kier alpha value is -2.69. The van der Waals surface area contributed by atoms with E-state index in [4.69, 9.17) is 33.4 Å². The minimum atomic E-state index is -2.79. The molecule has 0 fully saturated rings. The summed E-state index contributed by atoms with van der Waals surface area (Å²) < 4.78 is 50.1. The molecule has 0 aliphatic heterocycles. The quantitative estimate of drug-likeness (QED) is 0.512. The van der Waals surface area contributed by atoms with Gasteiger partial charge in [0.15, 0.2) is 12.2 Å². The van der Waals surface area contributed by atoms with Crippen LogP contribution in [-0.2, 0) is 9.59 Å². The normalized spacial score (nSPS) is 17.6. The van der Waals surface area contributed by atoms with E-state index in [1.807, 2.05) is 0 Å². The van der Waals surface area contributed by atoms with Crippen LogP contribution in [0, 0.1) is 0 Å². The van der Waals surface area contributed by atoms with Crippen LogP contribution in [0.15, 0.2) is 24.3 Å². The number of carboxylic acids is 2. The number of hydrogen-bond donors (Lipinski definition) is 4. The molecule has 1 unspecified atom stereocenters. The lowest BCUT2D eigenvalue weighted by Gasteiger charge is -2.21. The maximum absolute atomic E-state index is 11.8. The highest BCUT2D eigenvalue weighted by Gasteiger charge is 2.29. The SMILES string of the molecule is O=C(O)[C@H](O)[C@@H](O)C(=O)O.[2H]C([2H])([2H])N(C(C)c1cccc(OC(=O)N(C)CC)c1)C([2H])([2H])[2H]. The second kappa shape index (κ2) is 11.9. The van der Waals surface area contributed by atoms with Gasteiger partial charge >= 0.3 is 18.0 Å². The van der Waals surface area contributed by atoms with Crippen LogP contribution in [0.1, 0.15) is 33.7 Å². The Bertz CT molecular complexity index is 816. The summed E-state index contributed by atoms with van der Waals surface area (Å²) >= 11 is 0. The number of aliphatic hydroxyl groups is 2. The van der Waals surface area contributed by atoms with Crippen molar-refractivity contribution in [1.82, 2.24) is 9.80 Å². The summed E-state index contributed by atoms with van der Waals surface area (Å²) in [6.07, 6.45) is -5.08. The van der Waals surface area contributed by atoms with Crippen LogP contribution >= 0.6 is 0 Å². The van der Waals surface area contributed by atoms with Gasteiger partial charge in [-0.1, -0.05) is 12.1 Å². The summed E-state index contributed by atoms with van der Waals surface area (Å²) in [5, 5.41) is 32.5. The van der Waals surface area contributed by atoms with Crippen LogP contribution in [-0.4, -0.2) is 88.0 Å². The number of aliphatic hydroxyl groups excluding tert-OH is 2. The van der Waals surface area contributed by atoms with Crippen molar-refractivity contribution in [1.29, 1.82) is 0 Å². The number of ether oxygens (including phenoxy) is 1. The predicted octanol–water partition coefficient (Wildman–Crippen LogP) is 0.637. The average Bonchev–Trinajstić information content (AvgIpc) is 2.70. The number of nitrogens with zero attached hydrogens (tertiary/aromatic N) is 2. The topological polar surface area (TPSA) is 148 Å². The number of carbonyl (C=O) groups excluding carboxylic acids is 1. The van der Waals surface area contributed by atoms with E-state index in [1.54, 1.807) is 32.2 Å². The van der Waals surface area contributed by atoms with Crippen LogP contribution in [0.25, 0.3) is 0 Å². The summed E-state index contributed by atoms with van der Waals surface area (Å²) in [4.78, 5) is 33.2. The maximum atomic E-state index is 11.8.